The highest BCUT2D eigenvalue weighted by Crippen LogP contribution is 2.48. The lowest BCUT2D eigenvalue weighted by Crippen LogP contribution is -2.42. The molecule has 1 heteroatoms. The third-order valence-corrected chi connectivity index (χ3v) is 13.5. The van der Waals surface area contributed by atoms with Gasteiger partial charge >= 0.3 is 0 Å². The van der Waals surface area contributed by atoms with Gasteiger partial charge in [-0.15, -0.1) is 0 Å². The first-order valence-electron chi connectivity index (χ1n) is 24.6. The van der Waals surface area contributed by atoms with Gasteiger partial charge in [-0.25, -0.2) is 0 Å². The Bertz CT molecular complexity index is 716. The van der Waals surface area contributed by atoms with Gasteiger partial charge < -0.3 is 0 Å². The molecular formula is C50H101N. The molecule has 0 saturated heterocycles. The molecule has 0 amide bonds. The van der Waals surface area contributed by atoms with Crippen LogP contribution in [0.25, 0.3) is 0 Å². The van der Waals surface area contributed by atoms with Crippen molar-refractivity contribution in [3.63, 3.8) is 0 Å². The van der Waals surface area contributed by atoms with Gasteiger partial charge in [0.1, 0.15) is 0 Å². The Hall–Kier alpha value is -0.0400. The Kier molecular flexibility index (Phi) is 32.0. The van der Waals surface area contributed by atoms with Crippen molar-refractivity contribution in [3.05, 3.63) is 0 Å². The van der Waals surface area contributed by atoms with Gasteiger partial charge in [0.2, 0.25) is 0 Å². The molecule has 0 N–H and O–H groups in total. The largest absolute Gasteiger partial charge is 0.300 e. The van der Waals surface area contributed by atoms with Crippen molar-refractivity contribution >= 4 is 0 Å². The monoisotopic (exact) mass is 716 g/mol. The fraction of sp³-hybridized carbons (Fsp3) is 1.00. The van der Waals surface area contributed by atoms with Gasteiger partial charge in [0, 0.05) is 12.6 Å². The maximum absolute atomic E-state index is 2.96. The average Bonchev–Trinajstić information content (AvgIpc) is 3.86. The van der Waals surface area contributed by atoms with Crippen LogP contribution in [0.5, 0.6) is 0 Å². The Morgan fingerprint density at radius 1 is 0.431 bits per heavy atom. The first kappa shape index (κ1) is 49.0. The highest BCUT2D eigenvalue weighted by molar-refractivity contribution is 4.96. The van der Waals surface area contributed by atoms with Crippen LogP contribution in [0.1, 0.15) is 286 Å². The van der Waals surface area contributed by atoms with E-state index in [1.54, 1.807) is 0 Å². The van der Waals surface area contributed by atoms with Gasteiger partial charge in [-0.3, -0.25) is 4.90 Å². The van der Waals surface area contributed by atoms with Crippen molar-refractivity contribution in [2.75, 3.05) is 13.1 Å². The van der Waals surface area contributed by atoms with E-state index in [0.29, 0.717) is 10.8 Å². The highest BCUT2D eigenvalue weighted by atomic mass is 15.2. The first-order valence-corrected chi connectivity index (χ1v) is 24.6. The predicted octanol–water partition coefficient (Wildman–Crippen LogP) is 17.8. The van der Waals surface area contributed by atoms with Crippen LogP contribution < -0.4 is 0 Å². The summed E-state index contributed by atoms with van der Waals surface area (Å²) in [5.74, 6) is 0.928. The average molecular weight is 716 g/mol. The van der Waals surface area contributed by atoms with Crippen molar-refractivity contribution < 1.29 is 0 Å². The Balaban J connectivity index is 2.18. The smallest absolute Gasteiger partial charge is 0.0125 e. The summed E-state index contributed by atoms with van der Waals surface area (Å²) in [5.41, 5.74) is 1.04. The Morgan fingerprint density at radius 2 is 0.765 bits per heavy atom. The molecule has 0 heterocycles. The van der Waals surface area contributed by atoms with E-state index < -0.39 is 0 Å². The highest BCUT2D eigenvalue weighted by Gasteiger charge is 2.43. The van der Waals surface area contributed by atoms with Crippen molar-refractivity contribution in [3.8, 4) is 0 Å². The third kappa shape index (κ3) is 26.4. The van der Waals surface area contributed by atoms with E-state index in [2.05, 4.69) is 53.4 Å². The van der Waals surface area contributed by atoms with Crippen LogP contribution in [-0.4, -0.2) is 24.0 Å². The molecule has 4 unspecified atom stereocenters. The van der Waals surface area contributed by atoms with E-state index in [9.17, 15) is 0 Å². The topological polar surface area (TPSA) is 3.24 Å². The van der Waals surface area contributed by atoms with Gasteiger partial charge in [0.05, 0.1) is 0 Å². The normalized spacial score (nSPS) is 18.4. The van der Waals surface area contributed by atoms with E-state index in [0.717, 1.165) is 12.0 Å². The number of rotatable bonds is 41. The van der Waals surface area contributed by atoms with Crippen LogP contribution in [0, 0.1) is 16.7 Å². The first-order chi connectivity index (χ1) is 24.9. The minimum Gasteiger partial charge on any atom is -0.300 e. The zero-order valence-corrected chi connectivity index (χ0v) is 37.2. The molecule has 1 fully saturated rings. The summed E-state index contributed by atoms with van der Waals surface area (Å²) in [6.45, 7) is 20.0. The molecule has 0 aromatic carbocycles. The standard InChI is InChI=1S/C50H101N/c1-8-13-16-17-18-19-20-21-22-23-24-25-26-27-28-29-30-31-32-33-34-35-36-37-39-41-49(7,40-38-14-9-2)45-50(12-5,42-15-10-3)46-51(43-11-4)48-44-47(48)6/h47-48H,8-46H2,1-7H3. The van der Waals surface area contributed by atoms with Crippen LogP contribution in [-0.2, 0) is 0 Å². The summed E-state index contributed by atoms with van der Waals surface area (Å²) >= 11 is 0. The van der Waals surface area contributed by atoms with Crippen LogP contribution in [0.15, 0.2) is 0 Å². The van der Waals surface area contributed by atoms with E-state index in [4.69, 9.17) is 0 Å². The summed E-state index contributed by atoms with van der Waals surface area (Å²) in [6, 6.07) is 0.877. The second-order valence-electron chi connectivity index (χ2n) is 18.9. The Labute approximate surface area is 325 Å². The van der Waals surface area contributed by atoms with Gasteiger partial charge in [0.15, 0.2) is 0 Å². The zero-order valence-electron chi connectivity index (χ0n) is 37.2. The van der Waals surface area contributed by atoms with Crippen LogP contribution in [0.3, 0.4) is 0 Å². The molecule has 1 saturated carbocycles. The van der Waals surface area contributed by atoms with Crippen LogP contribution in [0.4, 0.5) is 0 Å². The van der Waals surface area contributed by atoms with Gasteiger partial charge in [-0.2, -0.15) is 0 Å². The fourth-order valence-electron chi connectivity index (χ4n) is 9.78. The molecular weight excluding hydrogens is 615 g/mol. The van der Waals surface area contributed by atoms with E-state index >= 15 is 0 Å². The molecule has 0 radical (unpaired) electrons. The number of hydrogen-bond donors (Lipinski definition) is 0. The molecule has 4 atom stereocenters. The maximum atomic E-state index is 2.96. The zero-order chi connectivity index (χ0) is 37.3. The SMILES string of the molecule is CCCCCCCCCCCCCCCCCCCCCCCCCCCC(C)(CCCCC)CC(CC)(CCCC)CN(CCC)C1CC1C. The van der Waals surface area contributed by atoms with Gasteiger partial charge in [-0.05, 0) is 68.2 Å². The summed E-state index contributed by atoms with van der Waals surface area (Å²) in [7, 11) is 0. The number of nitrogens with zero attached hydrogens (tertiary/aromatic N) is 1. The fourth-order valence-corrected chi connectivity index (χ4v) is 9.78. The lowest BCUT2D eigenvalue weighted by atomic mass is 9.64. The summed E-state index contributed by atoms with van der Waals surface area (Å²) in [5, 5.41) is 0. The summed E-state index contributed by atoms with van der Waals surface area (Å²) in [6.07, 6.45) is 53.9. The molecule has 1 aliphatic carbocycles. The molecule has 306 valence electrons. The molecule has 1 aliphatic rings. The summed E-state index contributed by atoms with van der Waals surface area (Å²) in [4.78, 5) is 2.96. The maximum Gasteiger partial charge on any atom is 0.0125 e. The third-order valence-electron chi connectivity index (χ3n) is 13.5. The molecule has 1 nitrogen and oxygen atoms in total. The van der Waals surface area contributed by atoms with Crippen LogP contribution in [0.2, 0.25) is 0 Å². The minimum absolute atomic E-state index is 0.515. The van der Waals surface area contributed by atoms with Crippen molar-refractivity contribution in [1.29, 1.82) is 0 Å². The molecule has 0 bridgehead atoms. The second-order valence-corrected chi connectivity index (χ2v) is 18.9. The Morgan fingerprint density at radius 3 is 1.10 bits per heavy atom. The lowest BCUT2D eigenvalue weighted by Gasteiger charge is -2.45. The van der Waals surface area contributed by atoms with E-state index in [1.807, 2.05) is 0 Å². The van der Waals surface area contributed by atoms with Crippen LogP contribution >= 0.6 is 0 Å². The molecule has 1 rings (SSSR count). The minimum atomic E-state index is 0.515. The van der Waals surface area contributed by atoms with Gasteiger partial charge in [-0.1, -0.05) is 241 Å². The quantitative estimate of drug-likeness (QED) is 0.0570. The van der Waals surface area contributed by atoms with Crippen molar-refractivity contribution in [2.24, 2.45) is 16.7 Å². The second kappa shape index (κ2) is 33.3. The van der Waals surface area contributed by atoms with Crippen molar-refractivity contribution in [1.82, 2.24) is 4.90 Å². The summed E-state index contributed by atoms with van der Waals surface area (Å²) < 4.78 is 0. The molecule has 0 aromatic rings. The lowest BCUT2D eigenvalue weighted by molar-refractivity contribution is 0.0528. The predicted molar refractivity (Wildman–Crippen MR) is 234 cm³/mol. The molecule has 0 spiro atoms. The molecule has 51 heavy (non-hydrogen) atoms. The number of hydrogen-bond acceptors (Lipinski definition) is 1. The van der Waals surface area contributed by atoms with E-state index in [-0.39, 0.29) is 0 Å². The van der Waals surface area contributed by atoms with E-state index in [1.165, 1.54) is 251 Å². The van der Waals surface area contributed by atoms with Crippen molar-refractivity contribution in [2.45, 2.75) is 292 Å². The molecule has 0 aliphatic heterocycles. The van der Waals surface area contributed by atoms with Gasteiger partial charge in [0.25, 0.3) is 0 Å². The molecule has 0 aromatic heterocycles. The number of unbranched alkanes of at least 4 members (excludes halogenated alkanes) is 27.